The van der Waals surface area contributed by atoms with Gasteiger partial charge in [-0.15, -0.1) is 0 Å². The number of aliphatic hydroxyl groups excluding tert-OH is 1. The average molecular weight is 463 g/mol. The van der Waals surface area contributed by atoms with E-state index in [-0.39, 0.29) is 6.42 Å². The summed E-state index contributed by atoms with van der Waals surface area (Å²) in [4.78, 5) is 59.9. The number of amides is 3. The topological polar surface area (TPSA) is 194 Å². The SMILES string of the molecule is CSCCC(NC(=O)C(CC(=O)O)NC(=O)C(NC(=O)C1CCCN1)C(C)O)C(=O)O. The Morgan fingerprint density at radius 2 is 1.71 bits per heavy atom. The predicted molar refractivity (Wildman–Crippen MR) is 111 cm³/mol. The van der Waals surface area contributed by atoms with Crippen molar-refractivity contribution >= 4 is 41.4 Å². The van der Waals surface area contributed by atoms with Gasteiger partial charge in [-0.1, -0.05) is 0 Å². The molecule has 1 aliphatic rings. The first-order valence-electron chi connectivity index (χ1n) is 9.82. The van der Waals surface area contributed by atoms with Gasteiger partial charge in [0.15, 0.2) is 0 Å². The first-order chi connectivity index (χ1) is 14.6. The lowest BCUT2D eigenvalue weighted by Crippen LogP contribution is -2.60. The molecule has 176 valence electrons. The second-order valence-electron chi connectivity index (χ2n) is 7.22. The van der Waals surface area contributed by atoms with Gasteiger partial charge in [0.1, 0.15) is 18.1 Å². The number of carboxylic acid groups (broad SMARTS) is 2. The third kappa shape index (κ3) is 9.11. The lowest BCUT2D eigenvalue weighted by molar-refractivity contribution is -0.144. The van der Waals surface area contributed by atoms with Crippen LogP contribution in [0.15, 0.2) is 0 Å². The smallest absolute Gasteiger partial charge is 0.326 e. The van der Waals surface area contributed by atoms with Crippen LogP contribution in [-0.4, -0.2) is 93.8 Å². The van der Waals surface area contributed by atoms with E-state index in [0.29, 0.717) is 18.7 Å². The number of hydrogen-bond acceptors (Lipinski definition) is 8. The van der Waals surface area contributed by atoms with Crippen molar-refractivity contribution in [2.24, 2.45) is 0 Å². The number of rotatable bonds is 13. The molecule has 1 fully saturated rings. The van der Waals surface area contributed by atoms with Gasteiger partial charge < -0.3 is 36.6 Å². The lowest BCUT2D eigenvalue weighted by Gasteiger charge is -2.26. The maximum absolute atomic E-state index is 12.6. The first kappa shape index (κ1) is 26.7. The van der Waals surface area contributed by atoms with Gasteiger partial charge in [-0.2, -0.15) is 11.8 Å². The number of hydrogen-bond donors (Lipinski definition) is 7. The van der Waals surface area contributed by atoms with E-state index in [0.717, 1.165) is 6.42 Å². The molecule has 0 aliphatic carbocycles. The summed E-state index contributed by atoms with van der Waals surface area (Å²) in [5.74, 6) is -4.69. The monoisotopic (exact) mass is 462 g/mol. The summed E-state index contributed by atoms with van der Waals surface area (Å²) in [6.07, 6.45) is 1.09. The molecule has 0 aromatic rings. The summed E-state index contributed by atoms with van der Waals surface area (Å²) >= 11 is 1.38. The zero-order valence-corrected chi connectivity index (χ0v) is 18.2. The minimum atomic E-state index is -1.59. The van der Waals surface area contributed by atoms with Crippen molar-refractivity contribution in [2.75, 3.05) is 18.6 Å². The summed E-state index contributed by atoms with van der Waals surface area (Å²) in [6, 6.07) is -4.79. The van der Waals surface area contributed by atoms with Crippen LogP contribution in [0, 0.1) is 0 Å². The Balaban J connectivity index is 2.87. The van der Waals surface area contributed by atoms with E-state index in [4.69, 9.17) is 5.11 Å². The molecule has 0 bridgehead atoms. The summed E-state index contributed by atoms with van der Waals surface area (Å²) in [7, 11) is 0. The van der Waals surface area contributed by atoms with Gasteiger partial charge in [0.25, 0.3) is 0 Å². The molecular weight excluding hydrogens is 432 g/mol. The van der Waals surface area contributed by atoms with E-state index in [1.165, 1.54) is 18.7 Å². The van der Waals surface area contributed by atoms with Crippen molar-refractivity contribution in [1.82, 2.24) is 21.3 Å². The quantitative estimate of drug-likeness (QED) is 0.159. The third-order valence-corrected chi connectivity index (χ3v) is 5.32. The van der Waals surface area contributed by atoms with E-state index in [2.05, 4.69) is 21.3 Å². The van der Waals surface area contributed by atoms with E-state index in [9.17, 15) is 34.2 Å². The van der Waals surface area contributed by atoms with Crippen molar-refractivity contribution < 1.29 is 39.3 Å². The maximum Gasteiger partial charge on any atom is 0.326 e. The van der Waals surface area contributed by atoms with Gasteiger partial charge in [0.2, 0.25) is 17.7 Å². The summed E-state index contributed by atoms with van der Waals surface area (Å²) < 4.78 is 0. The minimum absolute atomic E-state index is 0.108. The average Bonchev–Trinajstić information content (AvgIpc) is 3.22. The highest BCUT2D eigenvalue weighted by atomic mass is 32.2. The van der Waals surface area contributed by atoms with Crippen LogP contribution in [0.3, 0.4) is 0 Å². The molecule has 0 aromatic carbocycles. The van der Waals surface area contributed by atoms with Crippen LogP contribution in [0.4, 0.5) is 0 Å². The zero-order valence-electron chi connectivity index (χ0n) is 17.4. The van der Waals surface area contributed by atoms with Crippen LogP contribution in [0.2, 0.25) is 0 Å². The van der Waals surface area contributed by atoms with Gasteiger partial charge in [0, 0.05) is 0 Å². The standard InChI is InChI=1S/C18H30N4O8S/c1-9(23)14(22-15(26)10-4-3-6-19-10)17(28)21-12(8-13(24)25)16(27)20-11(18(29)30)5-7-31-2/h9-12,14,19,23H,3-8H2,1-2H3,(H,20,27)(H,21,28)(H,22,26)(H,24,25)(H,29,30). The molecule has 12 nitrogen and oxygen atoms in total. The van der Waals surface area contributed by atoms with E-state index < -0.39 is 66.4 Å². The Morgan fingerprint density at radius 1 is 1.06 bits per heavy atom. The fourth-order valence-electron chi connectivity index (χ4n) is 2.98. The van der Waals surface area contributed by atoms with Crippen molar-refractivity contribution in [3.63, 3.8) is 0 Å². The molecule has 0 radical (unpaired) electrons. The Morgan fingerprint density at radius 3 is 2.19 bits per heavy atom. The van der Waals surface area contributed by atoms with Gasteiger partial charge in [0.05, 0.1) is 18.6 Å². The number of carbonyl (C=O) groups is 5. The highest BCUT2D eigenvalue weighted by Gasteiger charge is 2.34. The lowest BCUT2D eigenvalue weighted by atomic mass is 10.1. The summed E-state index contributed by atoms with van der Waals surface area (Å²) in [5.41, 5.74) is 0. The molecule has 0 aromatic heterocycles. The number of carboxylic acids is 2. The molecular formula is C18H30N4O8S. The molecule has 3 amide bonds. The normalized spacial score (nSPS) is 19.5. The highest BCUT2D eigenvalue weighted by Crippen LogP contribution is 2.07. The van der Waals surface area contributed by atoms with E-state index in [1.54, 1.807) is 6.26 Å². The molecule has 7 N–H and O–H groups in total. The van der Waals surface area contributed by atoms with Crippen LogP contribution in [0.25, 0.3) is 0 Å². The predicted octanol–water partition coefficient (Wildman–Crippen LogP) is -2.11. The number of thioether (sulfide) groups is 1. The summed E-state index contributed by atoms with van der Waals surface area (Å²) in [6.45, 7) is 1.91. The third-order valence-electron chi connectivity index (χ3n) is 4.68. The number of carbonyl (C=O) groups excluding carboxylic acids is 3. The van der Waals surface area contributed by atoms with Gasteiger partial charge in [-0.25, -0.2) is 4.79 Å². The molecule has 31 heavy (non-hydrogen) atoms. The molecule has 13 heteroatoms. The molecule has 5 atom stereocenters. The second kappa shape index (κ2) is 13.1. The van der Waals surface area contributed by atoms with Crippen LogP contribution in [0.1, 0.15) is 32.6 Å². The molecule has 0 spiro atoms. The zero-order chi connectivity index (χ0) is 23.6. The highest BCUT2D eigenvalue weighted by molar-refractivity contribution is 7.98. The number of aliphatic hydroxyl groups is 1. The molecule has 1 aliphatic heterocycles. The van der Waals surface area contributed by atoms with Gasteiger partial charge in [-0.3, -0.25) is 19.2 Å². The van der Waals surface area contributed by atoms with Gasteiger partial charge in [-0.05, 0) is 44.7 Å². The van der Waals surface area contributed by atoms with E-state index in [1.807, 2.05) is 0 Å². The van der Waals surface area contributed by atoms with Crippen LogP contribution in [-0.2, 0) is 24.0 Å². The van der Waals surface area contributed by atoms with Crippen LogP contribution < -0.4 is 21.3 Å². The molecule has 5 unspecified atom stereocenters. The van der Waals surface area contributed by atoms with Crippen molar-refractivity contribution in [1.29, 1.82) is 0 Å². The Labute approximate surface area is 183 Å². The number of nitrogens with one attached hydrogen (secondary N) is 4. The summed E-state index contributed by atoms with van der Waals surface area (Å²) in [5, 5.41) is 38.0. The molecule has 0 saturated carbocycles. The Kier molecular flexibility index (Phi) is 11.3. The largest absolute Gasteiger partial charge is 0.481 e. The second-order valence-corrected chi connectivity index (χ2v) is 8.20. The Hall–Kier alpha value is -2.38. The Bertz CT molecular complexity index is 669. The maximum atomic E-state index is 12.6. The first-order valence-corrected chi connectivity index (χ1v) is 11.2. The van der Waals surface area contributed by atoms with Crippen LogP contribution >= 0.6 is 11.8 Å². The van der Waals surface area contributed by atoms with Crippen LogP contribution in [0.5, 0.6) is 0 Å². The fourth-order valence-corrected chi connectivity index (χ4v) is 3.45. The van der Waals surface area contributed by atoms with Crippen molar-refractivity contribution in [3.8, 4) is 0 Å². The number of aliphatic carboxylic acids is 2. The molecule has 1 heterocycles. The van der Waals surface area contributed by atoms with Gasteiger partial charge >= 0.3 is 11.9 Å². The van der Waals surface area contributed by atoms with E-state index >= 15 is 0 Å². The molecule has 1 saturated heterocycles. The molecule has 1 rings (SSSR count). The minimum Gasteiger partial charge on any atom is -0.481 e. The fraction of sp³-hybridized carbons (Fsp3) is 0.722. The van der Waals surface area contributed by atoms with Crippen molar-refractivity contribution in [2.45, 2.75) is 62.9 Å². The van der Waals surface area contributed by atoms with Crippen molar-refractivity contribution in [3.05, 3.63) is 0 Å².